The molecule has 0 atom stereocenters. The molecule has 0 aliphatic heterocycles. The van der Waals surface area contributed by atoms with Gasteiger partial charge in [0.25, 0.3) is 0 Å². The molecule has 0 fully saturated rings. The number of aliphatic hydroxyl groups is 1. The molecule has 0 bridgehead atoms. The predicted molar refractivity (Wildman–Crippen MR) is 71.5 cm³/mol. The van der Waals surface area contributed by atoms with Gasteiger partial charge in [-0.05, 0) is 18.1 Å². The average Bonchev–Trinajstić information content (AvgIpc) is 2.92. The maximum Gasteiger partial charge on any atom is 0.247 e. The molecule has 0 aliphatic carbocycles. The molecule has 0 aliphatic rings. The number of anilines is 1. The SMILES string of the molecule is O=C(Cn1cncn1)Nc1cccc(C#CCCO)n1. The lowest BCUT2D eigenvalue weighted by molar-refractivity contribution is -0.116. The molecule has 2 heterocycles. The third-order valence-corrected chi connectivity index (χ3v) is 2.24. The molecule has 7 nitrogen and oxygen atoms in total. The first kappa shape index (κ1) is 13.7. The quantitative estimate of drug-likeness (QED) is 0.766. The van der Waals surface area contributed by atoms with Crippen molar-refractivity contribution in [2.75, 3.05) is 11.9 Å². The number of aliphatic hydroxyl groups excluding tert-OH is 1. The van der Waals surface area contributed by atoms with Crippen molar-refractivity contribution in [3.63, 3.8) is 0 Å². The Morgan fingerprint density at radius 2 is 2.35 bits per heavy atom. The van der Waals surface area contributed by atoms with Gasteiger partial charge in [-0.25, -0.2) is 14.6 Å². The Kier molecular flexibility index (Phi) is 4.81. The minimum absolute atomic E-state index is 0.0152. The van der Waals surface area contributed by atoms with E-state index in [0.717, 1.165) is 0 Å². The molecule has 0 saturated carbocycles. The second kappa shape index (κ2) is 7.01. The van der Waals surface area contributed by atoms with E-state index < -0.39 is 0 Å². The average molecular weight is 271 g/mol. The summed E-state index contributed by atoms with van der Waals surface area (Å²) in [5.41, 5.74) is 0.539. The van der Waals surface area contributed by atoms with Crippen LogP contribution < -0.4 is 5.32 Å². The molecular weight excluding hydrogens is 258 g/mol. The number of pyridine rings is 1. The highest BCUT2D eigenvalue weighted by Crippen LogP contribution is 2.04. The summed E-state index contributed by atoms with van der Waals surface area (Å²) in [6.45, 7) is 0.0867. The van der Waals surface area contributed by atoms with Crippen molar-refractivity contribution in [1.29, 1.82) is 0 Å². The van der Waals surface area contributed by atoms with Crippen LogP contribution in [0.3, 0.4) is 0 Å². The van der Waals surface area contributed by atoms with Crippen molar-refractivity contribution < 1.29 is 9.90 Å². The van der Waals surface area contributed by atoms with Gasteiger partial charge in [0.1, 0.15) is 30.7 Å². The van der Waals surface area contributed by atoms with Gasteiger partial charge >= 0.3 is 0 Å². The van der Waals surface area contributed by atoms with E-state index in [4.69, 9.17) is 5.11 Å². The lowest BCUT2D eigenvalue weighted by Crippen LogP contribution is -2.19. The summed E-state index contributed by atoms with van der Waals surface area (Å²) in [6.07, 6.45) is 3.22. The van der Waals surface area contributed by atoms with E-state index in [-0.39, 0.29) is 19.1 Å². The first-order chi connectivity index (χ1) is 9.78. The first-order valence-corrected chi connectivity index (χ1v) is 5.97. The van der Waals surface area contributed by atoms with Crippen LogP contribution in [0.5, 0.6) is 0 Å². The summed E-state index contributed by atoms with van der Waals surface area (Å²) in [5, 5.41) is 15.1. The predicted octanol–water partition coefficient (Wildman–Crippen LogP) is 0.0457. The highest BCUT2D eigenvalue weighted by molar-refractivity contribution is 5.89. The van der Waals surface area contributed by atoms with Gasteiger partial charge in [0.15, 0.2) is 0 Å². The topological polar surface area (TPSA) is 92.9 Å². The summed E-state index contributed by atoms with van der Waals surface area (Å²) in [4.78, 5) is 19.7. The fourth-order valence-corrected chi connectivity index (χ4v) is 1.43. The fraction of sp³-hybridized carbons (Fsp3) is 0.231. The number of aromatic nitrogens is 4. The van der Waals surface area contributed by atoms with Crippen LogP contribution in [0, 0.1) is 11.8 Å². The molecular formula is C13H13N5O2. The molecule has 0 radical (unpaired) electrons. The number of nitrogens with zero attached hydrogens (tertiary/aromatic N) is 4. The Labute approximate surface area is 115 Å². The number of carbonyl (C=O) groups is 1. The fourth-order valence-electron chi connectivity index (χ4n) is 1.43. The number of hydrogen-bond acceptors (Lipinski definition) is 5. The summed E-state index contributed by atoms with van der Waals surface area (Å²) in [7, 11) is 0. The monoisotopic (exact) mass is 271 g/mol. The van der Waals surface area contributed by atoms with Crippen molar-refractivity contribution >= 4 is 11.7 Å². The number of amides is 1. The second-order valence-corrected chi connectivity index (χ2v) is 3.82. The molecule has 7 heteroatoms. The summed E-state index contributed by atoms with van der Waals surface area (Å²) < 4.78 is 1.42. The zero-order valence-electron chi connectivity index (χ0n) is 10.7. The molecule has 0 spiro atoms. The van der Waals surface area contributed by atoms with Crippen molar-refractivity contribution in [2.45, 2.75) is 13.0 Å². The van der Waals surface area contributed by atoms with E-state index >= 15 is 0 Å². The molecule has 20 heavy (non-hydrogen) atoms. The maximum absolute atomic E-state index is 11.7. The van der Waals surface area contributed by atoms with Crippen LogP contribution >= 0.6 is 0 Å². The molecule has 2 aromatic heterocycles. The van der Waals surface area contributed by atoms with Crippen LogP contribution in [-0.4, -0.2) is 37.4 Å². The van der Waals surface area contributed by atoms with Crippen LogP contribution in [-0.2, 0) is 11.3 Å². The molecule has 0 saturated heterocycles. The van der Waals surface area contributed by atoms with Crippen molar-refractivity contribution in [2.24, 2.45) is 0 Å². The third-order valence-electron chi connectivity index (χ3n) is 2.24. The molecule has 102 valence electrons. The highest BCUT2D eigenvalue weighted by atomic mass is 16.2. The van der Waals surface area contributed by atoms with Crippen LogP contribution in [0.1, 0.15) is 12.1 Å². The van der Waals surface area contributed by atoms with E-state index in [1.54, 1.807) is 18.2 Å². The van der Waals surface area contributed by atoms with Gasteiger partial charge < -0.3 is 10.4 Å². The van der Waals surface area contributed by atoms with E-state index in [2.05, 4.69) is 32.2 Å². The molecule has 2 aromatic rings. The number of rotatable bonds is 4. The number of carbonyl (C=O) groups excluding carboxylic acids is 1. The largest absolute Gasteiger partial charge is 0.395 e. The normalized spacial score (nSPS) is 9.65. The Balaban J connectivity index is 1.97. The Hall–Kier alpha value is -2.72. The summed E-state index contributed by atoms with van der Waals surface area (Å²) in [6, 6.07) is 5.16. The second-order valence-electron chi connectivity index (χ2n) is 3.82. The lowest BCUT2D eigenvalue weighted by Gasteiger charge is -2.04. The van der Waals surface area contributed by atoms with Gasteiger partial charge in [-0.2, -0.15) is 5.10 Å². The minimum Gasteiger partial charge on any atom is -0.395 e. The summed E-state index contributed by atoms with van der Waals surface area (Å²) in [5.74, 6) is 5.75. The van der Waals surface area contributed by atoms with Gasteiger partial charge in [-0.1, -0.05) is 12.0 Å². The molecule has 1 amide bonds. The van der Waals surface area contributed by atoms with Crippen LogP contribution in [0.15, 0.2) is 30.9 Å². The van der Waals surface area contributed by atoms with Crippen molar-refractivity contribution in [1.82, 2.24) is 19.7 Å². The number of nitrogens with one attached hydrogen (secondary N) is 1. The van der Waals surface area contributed by atoms with Gasteiger partial charge in [0.05, 0.1) is 6.61 Å². The van der Waals surface area contributed by atoms with E-state index in [9.17, 15) is 4.79 Å². The Morgan fingerprint density at radius 3 is 3.10 bits per heavy atom. The first-order valence-electron chi connectivity index (χ1n) is 5.97. The molecule has 0 aromatic carbocycles. The standard InChI is InChI=1S/C13H13N5O2/c19-7-2-1-4-11-5-3-6-12(16-11)17-13(20)8-18-10-14-9-15-18/h3,5-6,9-10,19H,2,7-8H2,(H,16,17,20). The summed E-state index contributed by atoms with van der Waals surface area (Å²) >= 11 is 0. The van der Waals surface area contributed by atoms with E-state index in [1.807, 2.05) is 0 Å². The number of hydrogen-bond donors (Lipinski definition) is 2. The lowest BCUT2D eigenvalue weighted by atomic mass is 10.3. The van der Waals surface area contributed by atoms with Gasteiger partial charge in [-0.15, -0.1) is 0 Å². The minimum atomic E-state index is -0.247. The third kappa shape index (κ3) is 4.19. The molecule has 2 rings (SSSR count). The smallest absolute Gasteiger partial charge is 0.247 e. The maximum atomic E-state index is 11.7. The van der Waals surface area contributed by atoms with Crippen LogP contribution in [0.2, 0.25) is 0 Å². The zero-order chi connectivity index (χ0) is 14.2. The van der Waals surface area contributed by atoms with Gasteiger partial charge in [0.2, 0.25) is 5.91 Å². The van der Waals surface area contributed by atoms with E-state index in [1.165, 1.54) is 17.3 Å². The Morgan fingerprint density at radius 1 is 1.45 bits per heavy atom. The highest BCUT2D eigenvalue weighted by Gasteiger charge is 2.05. The van der Waals surface area contributed by atoms with Gasteiger partial charge in [0, 0.05) is 6.42 Å². The molecule has 2 N–H and O–H groups in total. The van der Waals surface area contributed by atoms with Gasteiger partial charge in [-0.3, -0.25) is 4.79 Å². The molecule has 0 unspecified atom stereocenters. The van der Waals surface area contributed by atoms with Crippen LogP contribution in [0.4, 0.5) is 5.82 Å². The Bertz CT molecular complexity index is 628. The van der Waals surface area contributed by atoms with Crippen molar-refractivity contribution in [3.05, 3.63) is 36.5 Å². The van der Waals surface area contributed by atoms with Crippen LogP contribution in [0.25, 0.3) is 0 Å². The van der Waals surface area contributed by atoms with Crippen molar-refractivity contribution in [3.8, 4) is 11.8 Å². The zero-order valence-corrected chi connectivity index (χ0v) is 10.7. The van der Waals surface area contributed by atoms with E-state index in [0.29, 0.717) is 17.9 Å².